The predicted octanol–water partition coefficient (Wildman–Crippen LogP) is 3.49. The predicted molar refractivity (Wildman–Crippen MR) is 56.3 cm³/mol. The second-order valence-electron chi connectivity index (χ2n) is 2.56. The molecule has 0 bridgehead atoms. The minimum atomic E-state index is 0.562. The zero-order valence-corrected chi connectivity index (χ0v) is 9.06. The highest BCUT2D eigenvalue weighted by Gasteiger charge is 1.91. The van der Waals surface area contributed by atoms with Gasteiger partial charge in [0.1, 0.15) is 0 Å². The van der Waals surface area contributed by atoms with Crippen LogP contribution in [0.25, 0.3) is 6.08 Å². The average Bonchev–Trinajstić information content (AvgIpc) is 2.04. The number of alkyl halides is 1. The number of allylic oxidation sites excluding steroid dienone is 1. The summed E-state index contributed by atoms with van der Waals surface area (Å²) in [7, 11) is 0. The molecule has 3 heteroatoms. The second kappa shape index (κ2) is 4.63. The number of rotatable bonds is 2. The third-order valence-corrected chi connectivity index (χ3v) is 2.21. The van der Waals surface area contributed by atoms with Crippen molar-refractivity contribution in [3.63, 3.8) is 0 Å². The quantitative estimate of drug-likeness (QED) is 0.728. The lowest BCUT2D eigenvalue weighted by atomic mass is 10.2. The van der Waals surface area contributed by atoms with Crippen molar-refractivity contribution in [2.45, 2.75) is 6.92 Å². The van der Waals surface area contributed by atoms with Gasteiger partial charge >= 0.3 is 0 Å². The Balaban J connectivity index is 2.89. The van der Waals surface area contributed by atoms with Crippen LogP contribution in [0.1, 0.15) is 12.5 Å². The van der Waals surface area contributed by atoms with Crippen molar-refractivity contribution < 1.29 is 0 Å². The van der Waals surface area contributed by atoms with Gasteiger partial charge in [0.15, 0.2) is 0 Å². The Morgan fingerprint density at radius 2 is 2.42 bits per heavy atom. The average molecular weight is 247 g/mol. The molecule has 1 aromatic heterocycles. The summed E-state index contributed by atoms with van der Waals surface area (Å²) < 4.78 is 0.985. The third kappa shape index (κ3) is 2.95. The molecule has 0 saturated carbocycles. The molecule has 64 valence electrons. The molecule has 0 spiro atoms. The van der Waals surface area contributed by atoms with E-state index in [0.29, 0.717) is 5.88 Å². The van der Waals surface area contributed by atoms with Gasteiger partial charge in [-0.25, -0.2) is 0 Å². The molecule has 0 aliphatic heterocycles. The van der Waals surface area contributed by atoms with Crippen molar-refractivity contribution in [2.75, 3.05) is 5.88 Å². The van der Waals surface area contributed by atoms with Gasteiger partial charge in [-0.15, -0.1) is 11.6 Å². The van der Waals surface area contributed by atoms with Crippen LogP contribution in [0.5, 0.6) is 0 Å². The maximum Gasteiger partial charge on any atom is 0.0434 e. The zero-order valence-electron chi connectivity index (χ0n) is 6.72. The van der Waals surface area contributed by atoms with E-state index < -0.39 is 0 Å². The van der Waals surface area contributed by atoms with E-state index in [9.17, 15) is 0 Å². The Bertz CT molecular complexity index is 296. The van der Waals surface area contributed by atoms with Gasteiger partial charge in [0.25, 0.3) is 0 Å². The lowest BCUT2D eigenvalue weighted by Gasteiger charge is -1.95. The maximum atomic E-state index is 5.64. The van der Waals surface area contributed by atoms with Crippen LogP contribution in [0.4, 0.5) is 0 Å². The normalized spacial score (nSPS) is 11.8. The fourth-order valence-corrected chi connectivity index (χ4v) is 1.29. The molecular weight excluding hydrogens is 237 g/mol. The van der Waals surface area contributed by atoms with Crippen molar-refractivity contribution in [3.8, 4) is 0 Å². The first-order valence-electron chi connectivity index (χ1n) is 3.56. The summed E-state index contributed by atoms with van der Waals surface area (Å²) in [6, 6.07) is 2.00. The molecule has 0 aliphatic rings. The van der Waals surface area contributed by atoms with Crippen molar-refractivity contribution in [3.05, 3.63) is 34.1 Å². The standard InChI is InChI=1S/C9H9BrClN/c1-7(4-11)2-8-3-9(10)6-12-5-8/h2-3,5-6H,4H2,1H3/b7-2-. The first kappa shape index (κ1) is 9.75. The van der Waals surface area contributed by atoms with Crippen molar-refractivity contribution in [2.24, 2.45) is 0 Å². The maximum absolute atomic E-state index is 5.64. The van der Waals surface area contributed by atoms with E-state index in [1.54, 1.807) is 12.4 Å². The molecule has 0 unspecified atom stereocenters. The van der Waals surface area contributed by atoms with Gasteiger partial charge in [-0.05, 0) is 34.5 Å². The smallest absolute Gasteiger partial charge is 0.0434 e. The molecule has 0 radical (unpaired) electrons. The van der Waals surface area contributed by atoms with E-state index in [4.69, 9.17) is 11.6 Å². The van der Waals surface area contributed by atoms with E-state index >= 15 is 0 Å². The number of hydrogen-bond acceptors (Lipinski definition) is 1. The number of aromatic nitrogens is 1. The van der Waals surface area contributed by atoms with E-state index in [1.165, 1.54) is 0 Å². The fourth-order valence-electron chi connectivity index (χ4n) is 0.830. The molecule has 1 heterocycles. The Morgan fingerprint density at radius 3 is 3.00 bits per heavy atom. The van der Waals surface area contributed by atoms with E-state index in [2.05, 4.69) is 20.9 Å². The summed E-state index contributed by atoms with van der Waals surface area (Å²) in [6.07, 6.45) is 5.58. The van der Waals surface area contributed by atoms with Gasteiger partial charge in [0.05, 0.1) is 0 Å². The first-order valence-corrected chi connectivity index (χ1v) is 4.89. The van der Waals surface area contributed by atoms with E-state index in [1.807, 2.05) is 19.1 Å². The Morgan fingerprint density at radius 1 is 1.67 bits per heavy atom. The summed E-state index contributed by atoms with van der Waals surface area (Å²) in [6.45, 7) is 1.99. The highest BCUT2D eigenvalue weighted by Crippen LogP contribution is 2.12. The summed E-state index contributed by atoms with van der Waals surface area (Å²) in [5.74, 6) is 0.562. The Kier molecular flexibility index (Phi) is 3.76. The second-order valence-corrected chi connectivity index (χ2v) is 3.74. The molecule has 0 N–H and O–H groups in total. The van der Waals surface area contributed by atoms with Gasteiger partial charge < -0.3 is 0 Å². The van der Waals surface area contributed by atoms with Gasteiger partial charge in [0.2, 0.25) is 0 Å². The topological polar surface area (TPSA) is 12.9 Å². The molecule has 0 amide bonds. The number of nitrogens with zero attached hydrogens (tertiary/aromatic N) is 1. The fraction of sp³-hybridized carbons (Fsp3) is 0.222. The van der Waals surface area contributed by atoms with Crippen LogP contribution in [0, 0.1) is 0 Å². The molecule has 0 aliphatic carbocycles. The highest BCUT2D eigenvalue weighted by atomic mass is 79.9. The van der Waals surface area contributed by atoms with Crippen LogP contribution in [0.15, 0.2) is 28.5 Å². The summed E-state index contributed by atoms with van der Waals surface area (Å²) >= 11 is 8.99. The monoisotopic (exact) mass is 245 g/mol. The molecule has 0 atom stereocenters. The molecule has 1 nitrogen and oxygen atoms in total. The van der Waals surface area contributed by atoms with E-state index in [0.717, 1.165) is 15.6 Å². The molecular formula is C9H9BrClN. The van der Waals surface area contributed by atoms with Gasteiger partial charge in [-0.3, -0.25) is 4.98 Å². The Labute approximate surface area is 85.6 Å². The number of hydrogen-bond donors (Lipinski definition) is 0. The van der Waals surface area contributed by atoms with Gasteiger partial charge in [0, 0.05) is 22.7 Å². The van der Waals surface area contributed by atoms with Crippen LogP contribution in [-0.4, -0.2) is 10.9 Å². The lowest BCUT2D eigenvalue weighted by Crippen LogP contribution is -1.80. The van der Waals surface area contributed by atoms with Gasteiger partial charge in [-0.2, -0.15) is 0 Å². The minimum Gasteiger partial charge on any atom is -0.263 e. The highest BCUT2D eigenvalue weighted by molar-refractivity contribution is 9.10. The molecule has 1 rings (SSSR count). The molecule has 0 fully saturated rings. The van der Waals surface area contributed by atoms with Gasteiger partial charge in [-0.1, -0.05) is 11.6 Å². The molecule has 0 aromatic carbocycles. The number of pyridine rings is 1. The van der Waals surface area contributed by atoms with Crippen molar-refractivity contribution in [1.82, 2.24) is 4.98 Å². The van der Waals surface area contributed by atoms with Crippen LogP contribution >= 0.6 is 27.5 Å². The summed E-state index contributed by atoms with van der Waals surface area (Å²) in [4.78, 5) is 4.04. The Hall–Kier alpha value is -0.340. The molecule has 12 heavy (non-hydrogen) atoms. The number of halogens is 2. The summed E-state index contributed by atoms with van der Waals surface area (Å²) in [5.41, 5.74) is 2.21. The molecule has 1 aromatic rings. The third-order valence-electron chi connectivity index (χ3n) is 1.35. The van der Waals surface area contributed by atoms with Crippen molar-refractivity contribution >= 4 is 33.6 Å². The first-order chi connectivity index (χ1) is 5.72. The van der Waals surface area contributed by atoms with E-state index in [-0.39, 0.29) is 0 Å². The van der Waals surface area contributed by atoms with Crippen LogP contribution in [0.2, 0.25) is 0 Å². The lowest BCUT2D eigenvalue weighted by molar-refractivity contribution is 1.29. The van der Waals surface area contributed by atoms with Crippen LogP contribution in [-0.2, 0) is 0 Å². The largest absolute Gasteiger partial charge is 0.263 e. The van der Waals surface area contributed by atoms with Crippen molar-refractivity contribution in [1.29, 1.82) is 0 Å². The van der Waals surface area contributed by atoms with Crippen LogP contribution < -0.4 is 0 Å². The minimum absolute atomic E-state index is 0.562. The SMILES string of the molecule is C/C(=C/c1cncc(Br)c1)CCl. The summed E-state index contributed by atoms with van der Waals surface area (Å²) in [5, 5.41) is 0. The zero-order chi connectivity index (χ0) is 8.97. The van der Waals surface area contributed by atoms with Crippen LogP contribution in [0.3, 0.4) is 0 Å². The molecule has 0 saturated heterocycles.